The van der Waals surface area contributed by atoms with Gasteiger partial charge in [-0.05, 0) is 54.0 Å². The smallest absolute Gasteiger partial charge is 0.265 e. The molecule has 0 spiro atoms. The number of carbonyl (C=O) groups excluding carboxylic acids is 1. The summed E-state index contributed by atoms with van der Waals surface area (Å²) in [6.45, 7) is 5.95. The highest BCUT2D eigenvalue weighted by molar-refractivity contribution is 7.93. The minimum Gasteiger partial charge on any atom is -0.354 e. The zero-order valence-electron chi connectivity index (χ0n) is 20.2. The third-order valence-corrected chi connectivity index (χ3v) is 8.24. The molecule has 4 aromatic rings. The van der Waals surface area contributed by atoms with Crippen molar-refractivity contribution in [1.29, 1.82) is 0 Å². The topological polar surface area (TPSA) is 66.5 Å². The van der Waals surface area contributed by atoms with E-state index in [-0.39, 0.29) is 23.3 Å². The van der Waals surface area contributed by atoms with Crippen molar-refractivity contribution in [3.05, 3.63) is 108 Å². The highest BCUT2D eigenvalue weighted by Gasteiger charge is 2.30. The van der Waals surface area contributed by atoms with Gasteiger partial charge in [-0.2, -0.15) is 0 Å². The Kier molecular flexibility index (Phi) is 7.22. The number of nitrogens with one attached hydrogen (secondary N) is 1. The molecule has 0 fully saturated rings. The van der Waals surface area contributed by atoms with Gasteiger partial charge >= 0.3 is 0 Å². The first kappa shape index (κ1) is 24.5. The summed E-state index contributed by atoms with van der Waals surface area (Å²) in [5, 5.41) is 4.39. The van der Waals surface area contributed by atoms with Gasteiger partial charge in [0.1, 0.15) is 6.54 Å². The van der Waals surface area contributed by atoms with Gasteiger partial charge in [-0.15, -0.1) is 0 Å². The van der Waals surface area contributed by atoms with Gasteiger partial charge in [-0.25, -0.2) is 8.42 Å². The monoisotopic (exact) mass is 486 g/mol. The molecular weight excluding hydrogens is 456 g/mol. The maximum Gasteiger partial charge on any atom is 0.265 e. The molecular formula is C29H30N2O3S. The van der Waals surface area contributed by atoms with Crippen LogP contribution in [-0.2, 0) is 14.8 Å². The maximum absolute atomic E-state index is 14.1. The van der Waals surface area contributed by atoms with E-state index < -0.39 is 10.0 Å². The van der Waals surface area contributed by atoms with Crippen molar-refractivity contribution >= 4 is 32.4 Å². The number of amides is 1. The van der Waals surface area contributed by atoms with Crippen LogP contribution in [0.4, 0.5) is 5.69 Å². The number of nitrogens with zero attached hydrogens (tertiary/aromatic N) is 1. The SMILES string of the molecule is Cc1cccc(N(CC(=O)NCC(C)c2ccccc2)S(=O)(=O)c2cccc3ccccc23)c1C. The van der Waals surface area contributed by atoms with E-state index in [2.05, 4.69) is 5.32 Å². The van der Waals surface area contributed by atoms with Gasteiger partial charge in [0.25, 0.3) is 10.0 Å². The Bertz CT molecular complexity index is 1440. The normalized spacial score (nSPS) is 12.3. The number of hydrogen-bond acceptors (Lipinski definition) is 3. The predicted molar refractivity (Wildman–Crippen MR) is 142 cm³/mol. The standard InChI is InChI=1S/C29H30N2O3S/c1-21-11-9-17-27(23(21)3)31(20-29(32)30-19-22(2)24-12-5-4-6-13-24)35(33,34)28-18-10-15-25-14-7-8-16-26(25)28/h4-18,22H,19-20H2,1-3H3,(H,30,32). The first-order valence-corrected chi connectivity index (χ1v) is 13.1. The van der Waals surface area contributed by atoms with Crippen molar-refractivity contribution in [2.24, 2.45) is 0 Å². The van der Waals surface area contributed by atoms with E-state index in [9.17, 15) is 13.2 Å². The molecule has 5 nitrogen and oxygen atoms in total. The summed E-state index contributed by atoms with van der Waals surface area (Å²) < 4.78 is 29.3. The minimum atomic E-state index is -4.03. The molecule has 0 saturated heterocycles. The molecule has 6 heteroatoms. The molecule has 1 unspecified atom stereocenters. The van der Waals surface area contributed by atoms with Crippen molar-refractivity contribution < 1.29 is 13.2 Å². The Morgan fingerprint density at radius 2 is 1.51 bits per heavy atom. The minimum absolute atomic E-state index is 0.101. The number of rotatable bonds is 8. The molecule has 0 aliphatic heterocycles. The van der Waals surface area contributed by atoms with Crippen molar-refractivity contribution in [2.75, 3.05) is 17.4 Å². The average Bonchev–Trinajstić information content (AvgIpc) is 2.87. The summed E-state index contributed by atoms with van der Waals surface area (Å²) in [4.78, 5) is 13.3. The fourth-order valence-corrected chi connectivity index (χ4v) is 5.89. The zero-order valence-corrected chi connectivity index (χ0v) is 21.0. The van der Waals surface area contributed by atoms with Crippen LogP contribution in [0.25, 0.3) is 10.8 Å². The third-order valence-electron chi connectivity index (χ3n) is 6.42. The van der Waals surface area contributed by atoms with E-state index in [0.29, 0.717) is 17.6 Å². The van der Waals surface area contributed by atoms with Gasteiger partial charge < -0.3 is 5.32 Å². The van der Waals surface area contributed by atoms with E-state index in [1.165, 1.54) is 4.31 Å². The first-order chi connectivity index (χ1) is 16.8. The van der Waals surface area contributed by atoms with Crippen LogP contribution >= 0.6 is 0 Å². The second kappa shape index (κ2) is 10.3. The van der Waals surface area contributed by atoms with E-state index in [1.807, 2.05) is 87.5 Å². The Hall–Kier alpha value is -3.64. The summed E-state index contributed by atoms with van der Waals surface area (Å²) in [5.41, 5.74) is 3.40. The van der Waals surface area contributed by atoms with Crippen LogP contribution in [0.3, 0.4) is 0 Å². The highest BCUT2D eigenvalue weighted by Crippen LogP contribution is 2.31. The molecule has 1 atom stereocenters. The van der Waals surface area contributed by atoms with Gasteiger partial charge in [-0.1, -0.05) is 85.8 Å². The Balaban J connectivity index is 1.68. The number of sulfonamides is 1. The molecule has 0 aliphatic carbocycles. The van der Waals surface area contributed by atoms with Gasteiger partial charge in [0, 0.05) is 11.9 Å². The number of hydrogen-bond donors (Lipinski definition) is 1. The Morgan fingerprint density at radius 3 is 2.29 bits per heavy atom. The lowest BCUT2D eigenvalue weighted by Gasteiger charge is -2.27. The molecule has 180 valence electrons. The Labute approximate surface area is 207 Å². The van der Waals surface area contributed by atoms with Gasteiger partial charge in [-0.3, -0.25) is 9.10 Å². The van der Waals surface area contributed by atoms with Gasteiger partial charge in [0.15, 0.2) is 0 Å². The molecule has 0 heterocycles. The average molecular weight is 487 g/mol. The van der Waals surface area contributed by atoms with Crippen molar-refractivity contribution in [2.45, 2.75) is 31.6 Å². The number of fused-ring (bicyclic) bond motifs is 1. The number of carbonyl (C=O) groups is 1. The van der Waals surface area contributed by atoms with Gasteiger partial charge in [0.05, 0.1) is 10.6 Å². The lowest BCUT2D eigenvalue weighted by atomic mass is 10.0. The molecule has 0 saturated carbocycles. The summed E-state index contributed by atoms with van der Waals surface area (Å²) in [5.74, 6) is -0.249. The summed E-state index contributed by atoms with van der Waals surface area (Å²) in [7, 11) is -4.03. The molecule has 0 aromatic heterocycles. The van der Waals surface area contributed by atoms with E-state index in [0.717, 1.165) is 22.1 Å². The van der Waals surface area contributed by atoms with Crippen molar-refractivity contribution in [3.8, 4) is 0 Å². The van der Waals surface area contributed by atoms with Crippen LogP contribution in [0.2, 0.25) is 0 Å². The van der Waals surface area contributed by atoms with Crippen LogP contribution in [-0.4, -0.2) is 27.4 Å². The van der Waals surface area contributed by atoms with E-state index in [1.54, 1.807) is 24.3 Å². The molecule has 0 radical (unpaired) electrons. The molecule has 1 N–H and O–H groups in total. The molecule has 0 aliphatic rings. The summed E-state index contributed by atoms with van der Waals surface area (Å²) in [6.07, 6.45) is 0. The fourth-order valence-electron chi connectivity index (χ4n) is 4.20. The second-order valence-corrected chi connectivity index (χ2v) is 10.7. The lowest BCUT2D eigenvalue weighted by molar-refractivity contribution is -0.119. The fraction of sp³-hybridized carbons (Fsp3) is 0.207. The van der Waals surface area contributed by atoms with E-state index in [4.69, 9.17) is 0 Å². The van der Waals surface area contributed by atoms with Crippen molar-refractivity contribution in [1.82, 2.24) is 5.32 Å². The molecule has 1 amide bonds. The van der Waals surface area contributed by atoms with E-state index >= 15 is 0 Å². The Morgan fingerprint density at radius 1 is 0.857 bits per heavy atom. The van der Waals surface area contributed by atoms with Crippen LogP contribution in [0.1, 0.15) is 29.5 Å². The first-order valence-electron chi connectivity index (χ1n) is 11.7. The van der Waals surface area contributed by atoms with Crippen LogP contribution in [0, 0.1) is 13.8 Å². The van der Waals surface area contributed by atoms with Crippen LogP contribution < -0.4 is 9.62 Å². The largest absolute Gasteiger partial charge is 0.354 e. The molecule has 35 heavy (non-hydrogen) atoms. The van der Waals surface area contributed by atoms with Crippen LogP contribution in [0.15, 0.2) is 95.9 Å². The van der Waals surface area contributed by atoms with Crippen molar-refractivity contribution in [3.63, 3.8) is 0 Å². The van der Waals surface area contributed by atoms with Gasteiger partial charge in [0.2, 0.25) is 5.91 Å². The lowest BCUT2D eigenvalue weighted by Crippen LogP contribution is -2.42. The summed E-state index contributed by atoms with van der Waals surface area (Å²) >= 11 is 0. The van der Waals surface area contributed by atoms with Crippen LogP contribution in [0.5, 0.6) is 0 Å². The predicted octanol–water partition coefficient (Wildman–Crippen LogP) is 5.57. The third kappa shape index (κ3) is 5.23. The molecule has 0 bridgehead atoms. The summed E-state index contributed by atoms with van der Waals surface area (Å²) in [6, 6.07) is 28.0. The zero-order chi connectivity index (χ0) is 25.0. The quantitative estimate of drug-likeness (QED) is 0.354. The number of benzene rings is 4. The molecule has 4 aromatic carbocycles. The highest BCUT2D eigenvalue weighted by atomic mass is 32.2. The second-order valence-electron chi connectivity index (χ2n) is 8.82. The number of anilines is 1. The molecule has 4 rings (SSSR count). The number of aryl methyl sites for hydroxylation is 1. The maximum atomic E-state index is 14.1.